The molecule has 15 heavy (non-hydrogen) atoms. The van der Waals surface area contributed by atoms with E-state index in [1.807, 2.05) is 12.1 Å². The summed E-state index contributed by atoms with van der Waals surface area (Å²) in [5.74, 6) is 0. The van der Waals surface area contributed by atoms with Crippen LogP contribution in [-0.2, 0) is 5.60 Å². The second kappa shape index (κ2) is 3.62. The van der Waals surface area contributed by atoms with Gasteiger partial charge in [-0.1, -0.05) is 29.8 Å². The van der Waals surface area contributed by atoms with Gasteiger partial charge < -0.3 is 10.0 Å². The molecule has 1 aliphatic heterocycles. The Balaban J connectivity index is 2.31. The highest BCUT2D eigenvalue weighted by molar-refractivity contribution is 5.29. The summed E-state index contributed by atoms with van der Waals surface area (Å²) in [4.78, 5) is 2.21. The van der Waals surface area contributed by atoms with Crippen molar-refractivity contribution in [1.29, 1.82) is 0 Å². The Labute approximate surface area is 91.5 Å². The molecule has 1 fully saturated rings. The lowest BCUT2D eigenvalue weighted by atomic mass is 9.90. The maximum Gasteiger partial charge on any atom is 0.104 e. The Bertz CT molecular complexity index is 351. The van der Waals surface area contributed by atoms with Crippen molar-refractivity contribution in [2.45, 2.75) is 31.9 Å². The lowest BCUT2D eigenvalue weighted by Crippen LogP contribution is -2.29. The van der Waals surface area contributed by atoms with Gasteiger partial charge in [-0.2, -0.15) is 0 Å². The highest BCUT2D eigenvalue weighted by Crippen LogP contribution is 2.34. The number of likely N-dealkylation sites (tertiary alicyclic amines) is 1. The number of rotatable bonds is 1. The van der Waals surface area contributed by atoms with E-state index >= 15 is 0 Å². The fraction of sp³-hybridized carbons (Fsp3) is 0.538. The second-order valence-corrected chi connectivity index (χ2v) is 4.87. The van der Waals surface area contributed by atoms with Crippen LogP contribution in [0, 0.1) is 6.92 Å². The molecule has 2 unspecified atom stereocenters. The standard InChI is InChI=1S/C13H19NO/c1-10-5-4-6-12(7-10)13(15)8-11(2)14(3)9-13/h4-7,11,15H,8-9H2,1-3H3. The van der Waals surface area contributed by atoms with Crippen molar-refractivity contribution in [2.24, 2.45) is 0 Å². The second-order valence-electron chi connectivity index (χ2n) is 4.87. The van der Waals surface area contributed by atoms with Gasteiger partial charge in [0, 0.05) is 12.6 Å². The summed E-state index contributed by atoms with van der Waals surface area (Å²) in [5.41, 5.74) is 1.61. The first kappa shape index (κ1) is 10.7. The number of likely N-dealkylation sites (N-methyl/N-ethyl adjacent to an activating group) is 1. The van der Waals surface area contributed by atoms with Crippen molar-refractivity contribution in [3.05, 3.63) is 35.4 Å². The number of nitrogens with zero attached hydrogens (tertiary/aromatic N) is 1. The van der Waals surface area contributed by atoms with E-state index in [9.17, 15) is 5.11 Å². The SMILES string of the molecule is Cc1cccc(C2(O)CC(C)N(C)C2)c1. The molecule has 0 aromatic heterocycles. The van der Waals surface area contributed by atoms with Gasteiger partial charge in [0.1, 0.15) is 5.60 Å². The highest BCUT2D eigenvalue weighted by atomic mass is 16.3. The third-order valence-electron chi connectivity index (χ3n) is 3.45. The van der Waals surface area contributed by atoms with Gasteiger partial charge >= 0.3 is 0 Å². The van der Waals surface area contributed by atoms with E-state index in [1.54, 1.807) is 0 Å². The van der Waals surface area contributed by atoms with Crippen molar-refractivity contribution in [3.8, 4) is 0 Å². The van der Waals surface area contributed by atoms with Gasteiger partial charge in [-0.25, -0.2) is 0 Å². The summed E-state index contributed by atoms with van der Waals surface area (Å²) >= 11 is 0. The smallest absolute Gasteiger partial charge is 0.104 e. The first-order chi connectivity index (χ1) is 7.01. The molecule has 2 atom stereocenters. The first-order valence-electron chi connectivity index (χ1n) is 5.51. The molecule has 2 nitrogen and oxygen atoms in total. The van der Waals surface area contributed by atoms with Crippen LogP contribution in [0.3, 0.4) is 0 Å². The average molecular weight is 205 g/mol. The zero-order valence-electron chi connectivity index (χ0n) is 9.70. The third kappa shape index (κ3) is 1.92. The van der Waals surface area contributed by atoms with Crippen LogP contribution < -0.4 is 0 Å². The van der Waals surface area contributed by atoms with Crippen molar-refractivity contribution in [1.82, 2.24) is 4.90 Å². The third-order valence-corrected chi connectivity index (χ3v) is 3.45. The van der Waals surface area contributed by atoms with Crippen LogP contribution in [0.15, 0.2) is 24.3 Å². The van der Waals surface area contributed by atoms with Gasteiger partial charge in [0.25, 0.3) is 0 Å². The van der Waals surface area contributed by atoms with E-state index < -0.39 is 5.60 Å². The Kier molecular flexibility index (Phi) is 2.57. The predicted molar refractivity (Wildman–Crippen MR) is 61.8 cm³/mol. The van der Waals surface area contributed by atoms with Gasteiger partial charge in [-0.3, -0.25) is 0 Å². The molecule has 0 bridgehead atoms. The molecule has 1 aromatic rings. The average Bonchev–Trinajstić information content (AvgIpc) is 2.42. The molecule has 0 amide bonds. The van der Waals surface area contributed by atoms with E-state index in [2.05, 4.69) is 37.9 Å². The largest absolute Gasteiger partial charge is 0.384 e. The van der Waals surface area contributed by atoms with Crippen LogP contribution in [0.2, 0.25) is 0 Å². The van der Waals surface area contributed by atoms with E-state index in [1.165, 1.54) is 5.56 Å². The number of aryl methyl sites for hydroxylation is 1. The predicted octanol–water partition coefficient (Wildman–Crippen LogP) is 1.91. The molecule has 2 heteroatoms. The lowest BCUT2D eigenvalue weighted by Gasteiger charge is -2.23. The first-order valence-corrected chi connectivity index (χ1v) is 5.51. The number of hydrogen-bond donors (Lipinski definition) is 1. The maximum atomic E-state index is 10.6. The van der Waals surface area contributed by atoms with E-state index in [4.69, 9.17) is 0 Å². The number of benzene rings is 1. The Morgan fingerprint density at radius 3 is 2.73 bits per heavy atom. The van der Waals surface area contributed by atoms with Crippen molar-refractivity contribution in [2.75, 3.05) is 13.6 Å². The quantitative estimate of drug-likeness (QED) is 0.757. The lowest BCUT2D eigenvalue weighted by molar-refractivity contribution is 0.0485. The topological polar surface area (TPSA) is 23.5 Å². The van der Waals surface area contributed by atoms with Crippen LogP contribution in [0.1, 0.15) is 24.5 Å². The fourth-order valence-electron chi connectivity index (χ4n) is 2.42. The highest BCUT2D eigenvalue weighted by Gasteiger charge is 2.40. The summed E-state index contributed by atoms with van der Waals surface area (Å²) < 4.78 is 0. The fourth-order valence-corrected chi connectivity index (χ4v) is 2.42. The van der Waals surface area contributed by atoms with Crippen molar-refractivity contribution in [3.63, 3.8) is 0 Å². The Hall–Kier alpha value is -0.860. The Morgan fingerprint density at radius 1 is 1.47 bits per heavy atom. The number of hydrogen-bond acceptors (Lipinski definition) is 2. The molecule has 0 radical (unpaired) electrons. The molecule has 2 rings (SSSR count). The molecule has 82 valence electrons. The zero-order valence-corrected chi connectivity index (χ0v) is 9.70. The van der Waals surface area contributed by atoms with Gasteiger partial charge in [0.05, 0.1) is 0 Å². The van der Waals surface area contributed by atoms with E-state index in [0.29, 0.717) is 6.04 Å². The molecule has 0 spiro atoms. The minimum absolute atomic E-state index is 0.454. The molecule has 0 aliphatic carbocycles. The zero-order chi connectivity index (χ0) is 11.1. The summed E-state index contributed by atoms with van der Waals surface area (Å²) in [6.45, 7) is 4.96. The van der Waals surface area contributed by atoms with Gasteiger partial charge in [0.15, 0.2) is 0 Å². The normalized spacial score (nSPS) is 32.1. The molecular formula is C13H19NO. The minimum atomic E-state index is -0.653. The molecule has 1 heterocycles. The summed E-state index contributed by atoms with van der Waals surface area (Å²) in [5, 5.41) is 10.6. The molecule has 1 aromatic carbocycles. The van der Waals surface area contributed by atoms with Crippen LogP contribution in [0.4, 0.5) is 0 Å². The molecular weight excluding hydrogens is 186 g/mol. The summed E-state index contributed by atoms with van der Waals surface area (Å²) in [7, 11) is 2.07. The van der Waals surface area contributed by atoms with Crippen LogP contribution in [0.5, 0.6) is 0 Å². The van der Waals surface area contributed by atoms with E-state index in [-0.39, 0.29) is 0 Å². The minimum Gasteiger partial charge on any atom is -0.384 e. The maximum absolute atomic E-state index is 10.6. The molecule has 0 saturated carbocycles. The van der Waals surface area contributed by atoms with Gasteiger partial charge in [-0.15, -0.1) is 0 Å². The summed E-state index contributed by atoms with van der Waals surface area (Å²) in [6.07, 6.45) is 0.826. The summed E-state index contributed by atoms with van der Waals surface area (Å²) in [6, 6.07) is 8.65. The van der Waals surface area contributed by atoms with Crippen molar-refractivity contribution >= 4 is 0 Å². The molecule has 1 saturated heterocycles. The van der Waals surface area contributed by atoms with E-state index in [0.717, 1.165) is 18.5 Å². The van der Waals surface area contributed by atoms with Gasteiger partial charge in [-0.05, 0) is 32.9 Å². The molecule has 1 aliphatic rings. The monoisotopic (exact) mass is 205 g/mol. The number of β-amino-alcohol motifs (C(OH)–C–C–N with tert-alkyl or cyclic N) is 1. The van der Waals surface area contributed by atoms with Crippen LogP contribution in [-0.4, -0.2) is 29.6 Å². The Morgan fingerprint density at radius 2 is 2.20 bits per heavy atom. The molecule has 1 N–H and O–H groups in total. The van der Waals surface area contributed by atoms with Crippen molar-refractivity contribution < 1.29 is 5.11 Å². The van der Waals surface area contributed by atoms with Crippen LogP contribution >= 0.6 is 0 Å². The number of aliphatic hydroxyl groups is 1. The van der Waals surface area contributed by atoms with Gasteiger partial charge in [0.2, 0.25) is 0 Å². The van der Waals surface area contributed by atoms with Crippen LogP contribution in [0.25, 0.3) is 0 Å².